The van der Waals surface area contributed by atoms with Gasteiger partial charge in [0.05, 0.1) is 24.0 Å². The second-order valence-electron chi connectivity index (χ2n) is 17.8. The number of rotatable bonds is 20. The first kappa shape index (κ1) is 57.2. The molecule has 20 nitrogen and oxygen atoms in total. The van der Waals surface area contributed by atoms with E-state index in [1.54, 1.807) is 49.4 Å². The highest BCUT2D eigenvalue weighted by atomic mass is 33.1. The number of hydrogen-bond donors (Lipinski definition) is 10. The Labute approximate surface area is 411 Å². The molecule has 1 heterocycles. The lowest BCUT2D eigenvalue weighted by Crippen LogP contribution is -2.48. The lowest BCUT2D eigenvalue weighted by molar-refractivity contribution is -0.136. The smallest absolute Gasteiger partial charge is 0.224 e. The number of aliphatic imine (C=N–C) groups is 2. The van der Waals surface area contributed by atoms with Gasteiger partial charge in [-0.25, -0.2) is 0 Å². The number of ketones is 3. The third kappa shape index (κ3) is 22.2. The molecule has 0 saturated carbocycles. The van der Waals surface area contributed by atoms with Crippen LogP contribution in [0.1, 0.15) is 89.7 Å². The third-order valence-electron chi connectivity index (χ3n) is 11.2. The van der Waals surface area contributed by atoms with Crippen molar-refractivity contribution in [3.05, 3.63) is 65.7 Å². The zero-order chi connectivity index (χ0) is 51.1. The maximum Gasteiger partial charge on any atom is 0.224 e. The second-order valence-corrected chi connectivity index (χ2v) is 20.9. The number of nitrogens with zero attached hydrogens (tertiary/aromatic N) is 2. The normalized spacial score (nSPS) is 19.7. The molecule has 1 saturated heterocycles. The van der Waals surface area contributed by atoms with Crippen LogP contribution in [0, 0.1) is 17.8 Å². The van der Waals surface area contributed by atoms with E-state index in [9.17, 15) is 43.5 Å². The molecule has 378 valence electrons. The van der Waals surface area contributed by atoms with Crippen molar-refractivity contribution in [2.75, 3.05) is 25.4 Å². The molecule has 3 rings (SSSR count). The van der Waals surface area contributed by atoms with Gasteiger partial charge in [-0.05, 0) is 75.6 Å². The Morgan fingerprint density at radius 2 is 1.46 bits per heavy atom. The highest BCUT2D eigenvalue weighted by Crippen LogP contribution is 2.36. The van der Waals surface area contributed by atoms with Gasteiger partial charge in [-0.15, -0.1) is 0 Å². The zero-order valence-corrected chi connectivity index (χ0v) is 41.2. The minimum atomic E-state index is -1.32. The summed E-state index contributed by atoms with van der Waals surface area (Å²) in [6.07, 6.45) is -0.736. The summed E-state index contributed by atoms with van der Waals surface area (Å²) in [5.74, 6) is -7.45. The molecule has 0 unspecified atom stereocenters. The number of phenolic OH excluding ortho intramolecular Hbond substituents is 1. The first-order valence-electron chi connectivity index (χ1n) is 22.9. The van der Waals surface area contributed by atoms with Crippen molar-refractivity contribution >= 4 is 80.4 Å². The Balaban J connectivity index is 1.91. The van der Waals surface area contributed by atoms with E-state index in [1.807, 2.05) is 13.8 Å². The fourth-order valence-corrected chi connectivity index (χ4v) is 9.97. The summed E-state index contributed by atoms with van der Waals surface area (Å²) in [7, 11) is 2.67. The topological polar surface area (TPSA) is 360 Å². The molecule has 0 radical (unpaired) electrons. The van der Waals surface area contributed by atoms with E-state index in [2.05, 4.69) is 31.3 Å². The minimum absolute atomic E-state index is 0.0170. The molecule has 69 heavy (non-hydrogen) atoms. The van der Waals surface area contributed by atoms with Crippen LogP contribution in [0.3, 0.4) is 0 Å². The van der Waals surface area contributed by atoms with E-state index in [0.29, 0.717) is 18.4 Å². The Bertz CT molecular complexity index is 2130. The summed E-state index contributed by atoms with van der Waals surface area (Å²) in [6.45, 7) is 5.87. The Morgan fingerprint density at radius 1 is 0.826 bits per heavy atom. The SMILES string of the molecule is C[C@@H](Cc1ccc(O)cc1)C(=O)N[C@H]1CSSC(C)(C)CNC(=O)C[C@H](C(=O)N[C@@H](CCCN=C(N)N)C(=O)C[C@@H](CCCN=C(N)N)C(N)=O)CC(=O)[C@H](Cc2ccccc2)NC(=O)CCC1=O. The van der Waals surface area contributed by atoms with Crippen molar-refractivity contribution in [2.45, 2.75) is 114 Å². The molecule has 1 aliphatic heterocycles. The number of nitrogens with two attached hydrogens (primary N) is 5. The molecule has 6 atom stereocenters. The van der Waals surface area contributed by atoms with E-state index in [-0.39, 0.29) is 93.9 Å². The van der Waals surface area contributed by atoms with E-state index in [0.717, 1.165) is 5.56 Å². The van der Waals surface area contributed by atoms with Crippen LogP contribution in [0.25, 0.3) is 0 Å². The number of carbonyl (C=O) groups is 8. The standard InChI is InChI=1S/C47H69N11O9S2/c1-28(21-30-13-15-33(59)16-14-30)43(66)58-36-26-68-69-47(2,3)27-55-41(64)25-32(24-39(62)35(22-29-9-5-4-6-10-29)56-40(63)18-17-37(36)60)44(67)57-34(12-8-20-54-46(51)52)38(61)23-31(42(48)65)11-7-19-53-45(49)50/h4-6,9-10,13-16,28,31-32,34-36,59H,7-8,11-12,17-27H2,1-3H3,(H2,48,65)(H,55,64)(H,56,63)(H,57,67)(H,58,66)(H4,49,50,53)(H4,51,52,54)/t28-,31+,32+,34-,35-,36-/m0/s1. The lowest BCUT2D eigenvalue weighted by atomic mass is 9.89. The zero-order valence-electron chi connectivity index (χ0n) is 39.6. The van der Waals surface area contributed by atoms with Crippen molar-refractivity contribution in [1.82, 2.24) is 21.3 Å². The average molecular weight is 996 g/mol. The van der Waals surface area contributed by atoms with Crippen LogP contribution in [0.2, 0.25) is 0 Å². The van der Waals surface area contributed by atoms with E-state index >= 15 is 0 Å². The molecular weight excluding hydrogens is 927 g/mol. The van der Waals surface area contributed by atoms with Crippen molar-refractivity contribution < 1.29 is 43.5 Å². The number of carbonyl (C=O) groups excluding carboxylic acids is 8. The second kappa shape index (κ2) is 29.0. The number of nitrogens with one attached hydrogen (secondary N) is 4. The number of aromatic hydroxyl groups is 1. The van der Waals surface area contributed by atoms with Crippen molar-refractivity contribution in [3.63, 3.8) is 0 Å². The van der Waals surface area contributed by atoms with Gasteiger partial charge in [0.15, 0.2) is 29.3 Å². The molecule has 0 bridgehead atoms. The number of primary amides is 1. The summed E-state index contributed by atoms with van der Waals surface area (Å²) in [5.41, 5.74) is 29.0. The molecule has 1 fully saturated rings. The van der Waals surface area contributed by atoms with Crippen molar-refractivity contribution in [1.29, 1.82) is 0 Å². The quantitative estimate of drug-likeness (QED) is 0.0384. The molecule has 2 aromatic carbocycles. The van der Waals surface area contributed by atoms with Crippen LogP contribution in [0.15, 0.2) is 64.6 Å². The summed E-state index contributed by atoms with van der Waals surface area (Å²) in [4.78, 5) is 118. The minimum Gasteiger partial charge on any atom is -0.508 e. The van der Waals surface area contributed by atoms with Crippen molar-refractivity contribution in [3.8, 4) is 5.75 Å². The van der Waals surface area contributed by atoms with Gasteiger partial charge in [0, 0.05) is 74.1 Å². The summed E-state index contributed by atoms with van der Waals surface area (Å²) < 4.78 is -0.642. The Kier molecular flexibility index (Phi) is 24.0. The largest absolute Gasteiger partial charge is 0.508 e. The lowest BCUT2D eigenvalue weighted by Gasteiger charge is -2.27. The van der Waals surface area contributed by atoms with Crippen LogP contribution >= 0.6 is 21.6 Å². The van der Waals surface area contributed by atoms with E-state index in [1.165, 1.54) is 33.7 Å². The first-order valence-corrected chi connectivity index (χ1v) is 25.2. The molecule has 2 aromatic rings. The maximum atomic E-state index is 14.4. The number of Topliss-reactive ketones (excluding diaryl/α,β-unsaturated/α-hetero) is 3. The summed E-state index contributed by atoms with van der Waals surface area (Å²) >= 11 is 0. The molecule has 1 aliphatic rings. The predicted octanol–water partition coefficient (Wildman–Crippen LogP) is 1.04. The predicted molar refractivity (Wildman–Crippen MR) is 268 cm³/mol. The molecule has 0 aliphatic carbocycles. The highest BCUT2D eigenvalue weighted by Gasteiger charge is 2.34. The molecule has 0 spiro atoms. The van der Waals surface area contributed by atoms with Gasteiger partial charge in [0.1, 0.15) is 5.75 Å². The van der Waals surface area contributed by atoms with Crippen LogP contribution in [0.4, 0.5) is 0 Å². The molecule has 22 heteroatoms. The Hall–Kier alpha value is -6.16. The number of amides is 5. The van der Waals surface area contributed by atoms with Crippen molar-refractivity contribution in [2.24, 2.45) is 56.4 Å². The summed E-state index contributed by atoms with van der Waals surface area (Å²) in [5, 5.41) is 20.9. The molecule has 15 N–H and O–H groups in total. The van der Waals surface area contributed by atoms with Gasteiger partial charge in [-0.3, -0.25) is 48.3 Å². The highest BCUT2D eigenvalue weighted by molar-refractivity contribution is 8.77. The van der Waals surface area contributed by atoms with Crippen LogP contribution in [-0.4, -0.2) is 112 Å². The van der Waals surface area contributed by atoms with Crippen LogP contribution in [-0.2, 0) is 51.2 Å². The number of guanidine groups is 2. The fourth-order valence-electron chi connectivity index (χ4n) is 7.30. The maximum absolute atomic E-state index is 14.4. The third-order valence-corrected chi connectivity index (χ3v) is 14.5. The van der Waals surface area contributed by atoms with Crippen LogP contribution in [0.5, 0.6) is 5.75 Å². The first-order chi connectivity index (χ1) is 32.6. The monoisotopic (exact) mass is 995 g/mol. The molecule has 5 amide bonds. The molecular formula is C47H69N11O9S2. The average Bonchev–Trinajstić information content (AvgIpc) is 3.29. The fraction of sp³-hybridized carbons (Fsp3) is 0.532. The Morgan fingerprint density at radius 3 is 2.09 bits per heavy atom. The van der Waals surface area contributed by atoms with Gasteiger partial charge in [0.2, 0.25) is 29.5 Å². The summed E-state index contributed by atoms with van der Waals surface area (Å²) in [6, 6.07) is 12.0. The van der Waals surface area contributed by atoms with Gasteiger partial charge in [-0.1, -0.05) is 71.0 Å². The molecule has 0 aromatic heterocycles. The van der Waals surface area contributed by atoms with E-state index in [4.69, 9.17) is 28.7 Å². The number of benzene rings is 2. The van der Waals surface area contributed by atoms with Gasteiger partial charge < -0.3 is 55.0 Å². The number of phenols is 1. The van der Waals surface area contributed by atoms with Gasteiger partial charge in [-0.2, -0.15) is 0 Å². The van der Waals surface area contributed by atoms with Crippen LogP contribution < -0.4 is 49.9 Å². The van der Waals surface area contributed by atoms with Gasteiger partial charge >= 0.3 is 0 Å². The number of hydrogen-bond acceptors (Lipinski definition) is 13. The van der Waals surface area contributed by atoms with E-state index < -0.39 is 94.4 Å². The van der Waals surface area contributed by atoms with Gasteiger partial charge in [0.25, 0.3) is 0 Å².